The van der Waals surface area contributed by atoms with Gasteiger partial charge in [-0.2, -0.15) is 0 Å². The van der Waals surface area contributed by atoms with E-state index in [1.807, 2.05) is 48.5 Å². The molecule has 3 N–H and O–H groups in total. The Bertz CT molecular complexity index is 1300. The number of benzene rings is 3. The molecule has 1 atom stereocenters. The van der Waals surface area contributed by atoms with E-state index in [0.717, 1.165) is 5.56 Å². The van der Waals surface area contributed by atoms with E-state index in [-0.39, 0.29) is 23.9 Å². The second kappa shape index (κ2) is 10.8. The largest absolute Gasteiger partial charge is 0.478 e. The molecule has 34 heavy (non-hydrogen) atoms. The van der Waals surface area contributed by atoms with Crippen LogP contribution in [0.25, 0.3) is 10.9 Å². The molecular formula is C26H22ClN3O4. The number of hydrogen-bond donors (Lipinski definition) is 3. The van der Waals surface area contributed by atoms with Gasteiger partial charge in [0, 0.05) is 16.1 Å². The number of para-hydroxylation sites is 1. The van der Waals surface area contributed by atoms with Gasteiger partial charge in [0.1, 0.15) is 17.4 Å². The number of halogens is 1. The fourth-order valence-corrected chi connectivity index (χ4v) is 3.57. The monoisotopic (exact) mass is 475 g/mol. The zero-order valence-corrected chi connectivity index (χ0v) is 18.8. The summed E-state index contributed by atoms with van der Waals surface area (Å²) in [5.74, 6) is -1.49. The first kappa shape index (κ1) is 23.2. The van der Waals surface area contributed by atoms with Crippen LogP contribution in [-0.2, 0) is 16.1 Å². The van der Waals surface area contributed by atoms with E-state index in [4.69, 9.17) is 16.3 Å². The Balaban J connectivity index is 1.60. The van der Waals surface area contributed by atoms with Crippen LogP contribution in [0.5, 0.6) is 0 Å². The van der Waals surface area contributed by atoms with Crippen LogP contribution in [-0.4, -0.2) is 34.6 Å². The third kappa shape index (κ3) is 5.89. The summed E-state index contributed by atoms with van der Waals surface area (Å²) in [5, 5.41) is 16.6. The summed E-state index contributed by atoms with van der Waals surface area (Å²) < 4.78 is 5.80. The minimum absolute atomic E-state index is 0.00699. The molecule has 0 spiro atoms. The summed E-state index contributed by atoms with van der Waals surface area (Å²) in [6, 6.07) is 24.1. The number of carbonyl (C=O) groups is 2. The lowest BCUT2D eigenvalue weighted by molar-refractivity contribution is -0.118. The smallest absolute Gasteiger partial charge is 0.339 e. The van der Waals surface area contributed by atoms with Crippen LogP contribution in [0.2, 0.25) is 5.02 Å². The lowest BCUT2D eigenvalue weighted by Gasteiger charge is -2.20. The van der Waals surface area contributed by atoms with E-state index in [2.05, 4.69) is 15.6 Å². The van der Waals surface area contributed by atoms with Crippen molar-refractivity contribution in [3.8, 4) is 0 Å². The molecule has 0 aliphatic carbocycles. The predicted molar refractivity (Wildman–Crippen MR) is 132 cm³/mol. The van der Waals surface area contributed by atoms with Crippen LogP contribution in [0.1, 0.15) is 15.9 Å². The van der Waals surface area contributed by atoms with Crippen molar-refractivity contribution in [3.05, 3.63) is 101 Å². The molecule has 4 rings (SSSR count). The van der Waals surface area contributed by atoms with Gasteiger partial charge in [-0.15, -0.1) is 0 Å². The Labute approximate surface area is 201 Å². The third-order valence-corrected chi connectivity index (χ3v) is 5.31. The SMILES string of the molecule is O=C(O)c1cc2cc(Cl)ccc2nc1NC(COCc1ccccc1)C(=O)Nc1ccccc1. The zero-order valence-electron chi connectivity index (χ0n) is 18.1. The van der Waals surface area contributed by atoms with E-state index in [1.54, 1.807) is 30.3 Å². The van der Waals surface area contributed by atoms with Crippen LogP contribution in [0.15, 0.2) is 84.9 Å². The van der Waals surface area contributed by atoms with Gasteiger partial charge in [-0.25, -0.2) is 9.78 Å². The van der Waals surface area contributed by atoms with Crippen LogP contribution in [0.4, 0.5) is 11.5 Å². The standard InChI is InChI=1S/C26H22ClN3O4/c27-19-11-12-22-18(13-19)14-21(26(32)33)24(29-22)30-23(16-34-15-17-7-3-1-4-8-17)25(31)28-20-9-5-2-6-10-20/h1-14,23H,15-16H2,(H,28,31)(H,29,30)(H,32,33). The molecule has 0 aliphatic heterocycles. The maximum Gasteiger partial charge on any atom is 0.339 e. The normalized spacial score (nSPS) is 11.7. The topological polar surface area (TPSA) is 101 Å². The molecule has 0 saturated carbocycles. The van der Waals surface area contributed by atoms with Crippen LogP contribution in [0, 0.1) is 0 Å². The highest BCUT2D eigenvalue weighted by Gasteiger charge is 2.23. The summed E-state index contributed by atoms with van der Waals surface area (Å²) in [6.07, 6.45) is 0. The van der Waals surface area contributed by atoms with Gasteiger partial charge in [-0.05, 0) is 42.0 Å². The summed E-state index contributed by atoms with van der Waals surface area (Å²) in [6.45, 7) is 0.292. The molecule has 0 aliphatic rings. The van der Waals surface area contributed by atoms with Crippen molar-refractivity contribution in [1.82, 2.24) is 4.98 Å². The number of rotatable bonds is 9. The lowest BCUT2D eigenvalue weighted by atomic mass is 10.1. The molecule has 0 bridgehead atoms. The summed E-state index contributed by atoms with van der Waals surface area (Å²) in [4.78, 5) is 29.5. The van der Waals surface area contributed by atoms with Crippen LogP contribution in [0.3, 0.4) is 0 Å². The van der Waals surface area contributed by atoms with Crippen molar-refractivity contribution in [1.29, 1.82) is 0 Å². The van der Waals surface area contributed by atoms with Gasteiger partial charge >= 0.3 is 5.97 Å². The molecular weight excluding hydrogens is 454 g/mol. The molecule has 0 saturated heterocycles. The average Bonchev–Trinajstić information content (AvgIpc) is 2.84. The van der Waals surface area contributed by atoms with Crippen molar-refractivity contribution in [2.75, 3.05) is 17.2 Å². The molecule has 8 heteroatoms. The van der Waals surface area contributed by atoms with Gasteiger partial charge in [0.15, 0.2) is 0 Å². The highest BCUT2D eigenvalue weighted by atomic mass is 35.5. The van der Waals surface area contributed by atoms with E-state index in [1.165, 1.54) is 6.07 Å². The maximum atomic E-state index is 13.1. The number of ether oxygens (including phenoxy) is 1. The van der Waals surface area contributed by atoms with Gasteiger partial charge in [-0.3, -0.25) is 4.79 Å². The van der Waals surface area contributed by atoms with Crippen molar-refractivity contribution < 1.29 is 19.4 Å². The first-order valence-electron chi connectivity index (χ1n) is 10.6. The summed E-state index contributed by atoms with van der Waals surface area (Å²) in [7, 11) is 0. The first-order chi connectivity index (χ1) is 16.5. The summed E-state index contributed by atoms with van der Waals surface area (Å²) >= 11 is 6.04. The fourth-order valence-electron chi connectivity index (χ4n) is 3.39. The zero-order chi connectivity index (χ0) is 23.9. The van der Waals surface area contributed by atoms with Crippen molar-refractivity contribution >= 4 is 45.9 Å². The molecule has 4 aromatic rings. The second-order valence-electron chi connectivity index (χ2n) is 7.58. The van der Waals surface area contributed by atoms with E-state index in [0.29, 0.717) is 28.2 Å². The molecule has 1 unspecified atom stereocenters. The number of anilines is 2. The van der Waals surface area contributed by atoms with Gasteiger partial charge in [0.2, 0.25) is 5.91 Å². The number of aromatic nitrogens is 1. The molecule has 1 amide bonds. The Hall–Kier alpha value is -3.94. The quantitative estimate of drug-likeness (QED) is 0.307. The Morgan fingerprint density at radius 1 is 0.971 bits per heavy atom. The highest BCUT2D eigenvalue weighted by molar-refractivity contribution is 6.31. The number of hydrogen-bond acceptors (Lipinski definition) is 5. The van der Waals surface area contributed by atoms with Gasteiger partial charge in [-0.1, -0.05) is 60.1 Å². The van der Waals surface area contributed by atoms with E-state index in [9.17, 15) is 14.7 Å². The maximum absolute atomic E-state index is 13.1. The lowest BCUT2D eigenvalue weighted by Crippen LogP contribution is -2.39. The van der Waals surface area contributed by atoms with Gasteiger partial charge in [0.25, 0.3) is 0 Å². The third-order valence-electron chi connectivity index (χ3n) is 5.07. The highest BCUT2D eigenvalue weighted by Crippen LogP contribution is 2.24. The first-order valence-corrected chi connectivity index (χ1v) is 10.9. The fraction of sp³-hybridized carbons (Fsp3) is 0.115. The number of carboxylic acid groups (broad SMARTS) is 1. The number of nitrogens with one attached hydrogen (secondary N) is 2. The van der Waals surface area contributed by atoms with Crippen molar-refractivity contribution in [2.45, 2.75) is 12.6 Å². The van der Waals surface area contributed by atoms with Gasteiger partial charge < -0.3 is 20.5 Å². The average molecular weight is 476 g/mol. The number of aromatic carboxylic acids is 1. The van der Waals surface area contributed by atoms with Gasteiger partial charge in [0.05, 0.1) is 18.7 Å². The predicted octanol–water partition coefficient (Wildman–Crippen LogP) is 5.22. The second-order valence-corrected chi connectivity index (χ2v) is 8.02. The molecule has 0 radical (unpaired) electrons. The molecule has 7 nitrogen and oxygen atoms in total. The minimum atomic E-state index is -1.18. The minimum Gasteiger partial charge on any atom is -0.478 e. The Kier molecular flexibility index (Phi) is 7.37. The molecule has 0 fully saturated rings. The summed E-state index contributed by atoms with van der Waals surface area (Å²) in [5.41, 5.74) is 2.04. The number of carbonyl (C=O) groups excluding carboxylic acids is 1. The van der Waals surface area contributed by atoms with Crippen LogP contribution >= 0.6 is 11.6 Å². The van der Waals surface area contributed by atoms with Crippen molar-refractivity contribution in [3.63, 3.8) is 0 Å². The molecule has 1 aromatic heterocycles. The Morgan fingerprint density at radius 3 is 2.38 bits per heavy atom. The molecule has 3 aromatic carbocycles. The number of fused-ring (bicyclic) bond motifs is 1. The number of amides is 1. The van der Waals surface area contributed by atoms with Crippen LogP contribution < -0.4 is 10.6 Å². The number of pyridine rings is 1. The Morgan fingerprint density at radius 2 is 1.68 bits per heavy atom. The van der Waals surface area contributed by atoms with E-state index >= 15 is 0 Å². The molecule has 172 valence electrons. The van der Waals surface area contributed by atoms with Crippen molar-refractivity contribution in [2.24, 2.45) is 0 Å². The molecule has 1 heterocycles. The van der Waals surface area contributed by atoms with E-state index < -0.39 is 12.0 Å². The number of nitrogens with zero attached hydrogens (tertiary/aromatic N) is 1. The number of carboxylic acids is 1.